The Morgan fingerprint density at radius 2 is 2.24 bits per heavy atom. The van der Waals surface area contributed by atoms with Crippen LogP contribution >= 0.6 is 11.8 Å². The third-order valence-electron chi connectivity index (χ3n) is 2.67. The van der Waals surface area contributed by atoms with Gasteiger partial charge >= 0.3 is 0 Å². The highest BCUT2D eigenvalue weighted by Crippen LogP contribution is 2.36. The van der Waals surface area contributed by atoms with E-state index in [0.717, 1.165) is 15.6 Å². The number of nitrogens with one attached hydrogen (secondary N) is 2. The fourth-order valence-corrected chi connectivity index (χ4v) is 2.81. The second-order valence-electron chi connectivity index (χ2n) is 3.71. The molecule has 0 saturated carbocycles. The monoisotopic (exact) mass is 240 g/mol. The van der Waals surface area contributed by atoms with E-state index in [1.54, 1.807) is 11.8 Å². The van der Waals surface area contributed by atoms with Gasteiger partial charge in [0.2, 0.25) is 0 Å². The minimum absolute atomic E-state index is 0.283. The lowest BCUT2D eigenvalue weighted by Crippen LogP contribution is -2.40. The van der Waals surface area contributed by atoms with Crippen LogP contribution in [0.3, 0.4) is 0 Å². The SMILES string of the molecule is N#CC1=CN=C2Sc3ccccc3NC2C1=N. The predicted molar refractivity (Wildman–Crippen MR) is 68.6 cm³/mol. The topological polar surface area (TPSA) is 72.0 Å². The smallest absolute Gasteiger partial charge is 0.119 e. The van der Waals surface area contributed by atoms with Crippen LogP contribution in [-0.4, -0.2) is 16.8 Å². The summed E-state index contributed by atoms with van der Waals surface area (Å²) in [6, 6.07) is 9.61. The fourth-order valence-electron chi connectivity index (χ4n) is 1.80. The van der Waals surface area contributed by atoms with Crippen LogP contribution in [-0.2, 0) is 0 Å². The summed E-state index contributed by atoms with van der Waals surface area (Å²) in [6.45, 7) is 0. The lowest BCUT2D eigenvalue weighted by molar-refractivity contribution is 1.15. The molecular formula is C12H8N4S. The van der Waals surface area contributed by atoms with Crippen LogP contribution in [0.15, 0.2) is 45.9 Å². The summed E-state index contributed by atoms with van der Waals surface area (Å²) < 4.78 is 0. The molecule has 1 aromatic rings. The van der Waals surface area contributed by atoms with Crippen LogP contribution in [0.4, 0.5) is 5.69 Å². The van der Waals surface area contributed by atoms with Gasteiger partial charge in [-0.3, -0.25) is 0 Å². The molecule has 1 aromatic carbocycles. The number of anilines is 1. The first-order valence-electron chi connectivity index (χ1n) is 5.10. The molecule has 4 nitrogen and oxygen atoms in total. The zero-order valence-corrected chi connectivity index (χ0v) is 9.58. The minimum atomic E-state index is -0.283. The molecule has 1 atom stereocenters. The van der Waals surface area contributed by atoms with Crippen LogP contribution in [0.1, 0.15) is 0 Å². The zero-order chi connectivity index (χ0) is 11.8. The molecule has 17 heavy (non-hydrogen) atoms. The van der Waals surface area contributed by atoms with Crippen LogP contribution in [0.25, 0.3) is 0 Å². The molecular weight excluding hydrogens is 232 g/mol. The van der Waals surface area contributed by atoms with Crippen molar-refractivity contribution in [2.45, 2.75) is 10.9 Å². The van der Waals surface area contributed by atoms with Crippen molar-refractivity contribution in [3.8, 4) is 6.07 Å². The summed E-state index contributed by atoms with van der Waals surface area (Å²) in [5.74, 6) is 0. The van der Waals surface area contributed by atoms with Gasteiger partial charge in [0, 0.05) is 16.8 Å². The molecule has 0 aromatic heterocycles. The number of nitrogens with zero attached hydrogens (tertiary/aromatic N) is 2. The average molecular weight is 240 g/mol. The van der Waals surface area contributed by atoms with E-state index in [2.05, 4.69) is 10.3 Å². The van der Waals surface area contributed by atoms with Crippen LogP contribution in [0.2, 0.25) is 0 Å². The van der Waals surface area contributed by atoms with Gasteiger partial charge in [-0.25, -0.2) is 4.99 Å². The third-order valence-corrected chi connectivity index (χ3v) is 3.79. The molecule has 2 aliphatic heterocycles. The predicted octanol–water partition coefficient (Wildman–Crippen LogP) is 2.41. The number of hydrogen-bond acceptors (Lipinski definition) is 5. The molecule has 3 rings (SSSR count). The van der Waals surface area contributed by atoms with Crippen LogP contribution in [0.5, 0.6) is 0 Å². The first kappa shape index (κ1) is 10.1. The van der Waals surface area contributed by atoms with Gasteiger partial charge in [0.05, 0.1) is 11.3 Å². The number of aliphatic imine (C=N–C) groups is 1. The molecule has 2 N–H and O–H groups in total. The van der Waals surface area contributed by atoms with E-state index in [1.165, 1.54) is 6.20 Å². The molecule has 1 unspecified atom stereocenters. The van der Waals surface area contributed by atoms with Gasteiger partial charge in [-0.2, -0.15) is 5.26 Å². The second-order valence-corrected chi connectivity index (χ2v) is 4.77. The van der Waals surface area contributed by atoms with E-state index in [1.807, 2.05) is 30.3 Å². The normalized spacial score (nSPS) is 21.4. The van der Waals surface area contributed by atoms with Crippen molar-refractivity contribution in [2.24, 2.45) is 4.99 Å². The van der Waals surface area contributed by atoms with E-state index in [-0.39, 0.29) is 6.04 Å². The van der Waals surface area contributed by atoms with Gasteiger partial charge in [-0.1, -0.05) is 23.9 Å². The molecule has 2 aliphatic rings. The summed E-state index contributed by atoms with van der Waals surface area (Å²) in [4.78, 5) is 5.35. The van der Waals surface area contributed by atoms with Crippen molar-refractivity contribution in [3.63, 3.8) is 0 Å². The van der Waals surface area contributed by atoms with E-state index in [4.69, 9.17) is 10.7 Å². The number of fused-ring (bicyclic) bond motifs is 2. The van der Waals surface area contributed by atoms with Crippen molar-refractivity contribution >= 4 is 28.2 Å². The Labute approximate surface area is 103 Å². The third kappa shape index (κ3) is 1.54. The molecule has 0 saturated heterocycles. The Kier molecular flexibility index (Phi) is 2.23. The fraction of sp³-hybridized carbons (Fsp3) is 0.0833. The van der Waals surface area contributed by atoms with Crippen molar-refractivity contribution in [1.82, 2.24) is 0 Å². The Bertz CT molecular complexity index is 609. The zero-order valence-electron chi connectivity index (χ0n) is 8.77. The number of para-hydroxylation sites is 1. The summed E-state index contributed by atoms with van der Waals surface area (Å²) in [5, 5.41) is 20.9. The number of nitriles is 1. The highest BCUT2D eigenvalue weighted by molar-refractivity contribution is 8.14. The molecule has 0 spiro atoms. The van der Waals surface area contributed by atoms with Crippen molar-refractivity contribution < 1.29 is 0 Å². The highest BCUT2D eigenvalue weighted by Gasteiger charge is 2.31. The first-order chi connectivity index (χ1) is 8.29. The highest BCUT2D eigenvalue weighted by atomic mass is 32.2. The number of benzene rings is 1. The maximum atomic E-state index is 8.88. The lowest BCUT2D eigenvalue weighted by atomic mass is 10.0. The van der Waals surface area contributed by atoms with Gasteiger partial charge in [-0.05, 0) is 12.1 Å². The Morgan fingerprint density at radius 3 is 3.06 bits per heavy atom. The van der Waals surface area contributed by atoms with Crippen molar-refractivity contribution in [2.75, 3.05) is 5.32 Å². The molecule has 5 heteroatoms. The van der Waals surface area contributed by atoms with Crippen molar-refractivity contribution in [1.29, 1.82) is 10.7 Å². The van der Waals surface area contributed by atoms with Crippen LogP contribution in [0, 0.1) is 16.7 Å². The van der Waals surface area contributed by atoms with E-state index < -0.39 is 0 Å². The summed E-state index contributed by atoms with van der Waals surface area (Å²) in [7, 11) is 0. The number of rotatable bonds is 0. The molecule has 0 amide bonds. The first-order valence-corrected chi connectivity index (χ1v) is 5.91. The molecule has 0 bridgehead atoms. The van der Waals surface area contributed by atoms with Gasteiger partial charge in [0.1, 0.15) is 17.2 Å². The summed E-state index contributed by atoms with van der Waals surface area (Å²) in [6.07, 6.45) is 1.47. The minimum Gasteiger partial charge on any atom is -0.370 e. The number of thioether (sulfide) groups is 1. The molecule has 0 fully saturated rings. The van der Waals surface area contributed by atoms with Gasteiger partial charge in [0.25, 0.3) is 0 Å². The molecule has 2 heterocycles. The maximum absolute atomic E-state index is 8.88. The number of hydrogen-bond donors (Lipinski definition) is 2. The van der Waals surface area contributed by atoms with E-state index in [9.17, 15) is 0 Å². The standard InChI is InChI=1S/C12H8N4S/c13-5-7-6-15-12-11(10(7)14)16-8-3-1-2-4-9(8)17-12/h1-4,6,11,14,16H. The Hall–Kier alpha value is -2.06. The second kappa shape index (κ2) is 3.75. The Morgan fingerprint density at radius 1 is 1.41 bits per heavy atom. The Balaban J connectivity index is 2.05. The molecule has 82 valence electrons. The van der Waals surface area contributed by atoms with Gasteiger partial charge in [0.15, 0.2) is 0 Å². The largest absolute Gasteiger partial charge is 0.370 e. The van der Waals surface area contributed by atoms with Crippen molar-refractivity contribution in [3.05, 3.63) is 36.0 Å². The van der Waals surface area contributed by atoms with Crippen LogP contribution < -0.4 is 5.32 Å². The van der Waals surface area contributed by atoms with E-state index >= 15 is 0 Å². The summed E-state index contributed by atoms with van der Waals surface area (Å²) in [5.41, 5.74) is 1.61. The quantitative estimate of drug-likeness (QED) is 0.731. The maximum Gasteiger partial charge on any atom is 0.119 e. The van der Waals surface area contributed by atoms with E-state index in [0.29, 0.717) is 11.3 Å². The lowest BCUT2D eigenvalue weighted by Gasteiger charge is -2.29. The van der Waals surface area contributed by atoms with Gasteiger partial charge in [-0.15, -0.1) is 0 Å². The average Bonchev–Trinajstić information content (AvgIpc) is 2.37. The molecule has 0 radical (unpaired) electrons. The summed E-state index contributed by atoms with van der Waals surface area (Å²) >= 11 is 1.55. The molecule has 0 aliphatic carbocycles. The van der Waals surface area contributed by atoms with Gasteiger partial charge < -0.3 is 10.7 Å².